The second-order valence-electron chi connectivity index (χ2n) is 8.49. The SMILES string of the molecule is O=C(NC12CCC(C(=O)O)(CC1)C2)OCC1c2ccccc2-c2ccccc21. The molecule has 5 rings (SSSR count). The van der Waals surface area contributed by atoms with E-state index in [2.05, 4.69) is 29.6 Å². The molecule has 5 nitrogen and oxygen atoms in total. The number of nitrogens with one attached hydrogen (secondary N) is 1. The minimum Gasteiger partial charge on any atom is -0.481 e. The van der Waals surface area contributed by atoms with Gasteiger partial charge >= 0.3 is 12.1 Å². The highest BCUT2D eigenvalue weighted by Crippen LogP contribution is 2.56. The average Bonchev–Trinajstić information content (AvgIpc) is 3.35. The maximum atomic E-state index is 12.6. The van der Waals surface area contributed by atoms with Crippen LogP contribution in [0.15, 0.2) is 48.5 Å². The molecule has 2 aromatic rings. The number of amides is 1. The molecule has 2 aromatic carbocycles. The standard InChI is InChI=1S/C23H23NO4/c25-20(26)22-9-11-23(14-22,12-10-22)24-21(27)28-13-19-17-7-3-1-5-15(17)16-6-2-4-8-18(16)19/h1-8,19H,9-14H2,(H,24,27)(H,25,26). The highest BCUT2D eigenvalue weighted by atomic mass is 16.5. The van der Waals surface area contributed by atoms with Crippen molar-refractivity contribution in [2.75, 3.05) is 6.61 Å². The average molecular weight is 377 g/mol. The van der Waals surface area contributed by atoms with Gasteiger partial charge < -0.3 is 15.2 Å². The van der Waals surface area contributed by atoms with E-state index in [1.165, 1.54) is 22.3 Å². The van der Waals surface area contributed by atoms with E-state index in [9.17, 15) is 14.7 Å². The third kappa shape index (κ3) is 2.53. The molecule has 144 valence electrons. The summed E-state index contributed by atoms with van der Waals surface area (Å²) in [6.07, 6.45) is 2.76. The monoisotopic (exact) mass is 377 g/mol. The van der Waals surface area contributed by atoms with E-state index in [0.29, 0.717) is 32.1 Å². The summed E-state index contributed by atoms with van der Waals surface area (Å²) >= 11 is 0. The summed E-state index contributed by atoms with van der Waals surface area (Å²) in [5.41, 5.74) is 3.69. The molecule has 1 amide bonds. The molecule has 2 N–H and O–H groups in total. The van der Waals surface area contributed by atoms with Gasteiger partial charge in [0.15, 0.2) is 0 Å². The van der Waals surface area contributed by atoms with Gasteiger partial charge in [0.25, 0.3) is 0 Å². The minimum absolute atomic E-state index is 0.0286. The summed E-state index contributed by atoms with van der Waals surface area (Å²) in [5, 5.41) is 12.5. The molecule has 0 saturated heterocycles. The second-order valence-corrected chi connectivity index (χ2v) is 8.49. The molecule has 0 radical (unpaired) electrons. The maximum absolute atomic E-state index is 12.6. The predicted octanol–water partition coefficient (Wildman–Crippen LogP) is 4.31. The van der Waals surface area contributed by atoms with Crippen molar-refractivity contribution in [2.45, 2.75) is 43.6 Å². The van der Waals surface area contributed by atoms with Crippen LogP contribution < -0.4 is 5.32 Å². The summed E-state index contributed by atoms with van der Waals surface area (Å²) in [5.74, 6) is -0.706. The van der Waals surface area contributed by atoms with Gasteiger partial charge in [-0.2, -0.15) is 0 Å². The van der Waals surface area contributed by atoms with Crippen LogP contribution in [0, 0.1) is 5.41 Å². The number of benzene rings is 2. The number of alkyl carbamates (subject to hydrolysis) is 1. The molecule has 28 heavy (non-hydrogen) atoms. The third-order valence-electron chi connectivity index (χ3n) is 7.01. The van der Waals surface area contributed by atoms with Crippen molar-refractivity contribution in [2.24, 2.45) is 5.41 Å². The summed E-state index contributed by atoms with van der Waals surface area (Å²) in [7, 11) is 0. The number of aliphatic carboxylic acids is 1. The van der Waals surface area contributed by atoms with Crippen LogP contribution in [-0.4, -0.2) is 29.3 Å². The van der Waals surface area contributed by atoms with E-state index in [1.54, 1.807) is 0 Å². The molecule has 3 aliphatic rings. The highest BCUT2D eigenvalue weighted by molar-refractivity contribution is 5.79. The molecule has 0 aliphatic heterocycles. The van der Waals surface area contributed by atoms with Crippen molar-refractivity contribution in [1.82, 2.24) is 5.32 Å². The Kier molecular flexibility index (Phi) is 3.76. The Bertz CT molecular complexity index is 913. The van der Waals surface area contributed by atoms with Crippen LogP contribution in [0.5, 0.6) is 0 Å². The molecular weight excluding hydrogens is 354 g/mol. The number of hydrogen-bond acceptors (Lipinski definition) is 3. The van der Waals surface area contributed by atoms with E-state index in [0.717, 1.165) is 0 Å². The lowest BCUT2D eigenvalue weighted by Gasteiger charge is -2.27. The van der Waals surface area contributed by atoms with E-state index in [4.69, 9.17) is 4.74 Å². The topological polar surface area (TPSA) is 75.6 Å². The van der Waals surface area contributed by atoms with Crippen LogP contribution in [0.4, 0.5) is 4.79 Å². The zero-order valence-corrected chi connectivity index (χ0v) is 15.6. The van der Waals surface area contributed by atoms with Crippen LogP contribution in [0.2, 0.25) is 0 Å². The minimum atomic E-state index is -0.735. The van der Waals surface area contributed by atoms with Gasteiger partial charge in [0.2, 0.25) is 0 Å². The van der Waals surface area contributed by atoms with Gasteiger partial charge in [-0.25, -0.2) is 4.79 Å². The van der Waals surface area contributed by atoms with Gasteiger partial charge in [-0.3, -0.25) is 4.79 Å². The fourth-order valence-corrected chi connectivity index (χ4v) is 5.52. The Morgan fingerprint density at radius 2 is 1.54 bits per heavy atom. The summed E-state index contributed by atoms with van der Waals surface area (Å²) in [4.78, 5) is 24.2. The van der Waals surface area contributed by atoms with Gasteiger partial charge in [0, 0.05) is 11.5 Å². The quantitative estimate of drug-likeness (QED) is 0.832. The molecule has 0 heterocycles. The number of carboxylic acids is 1. The number of fused-ring (bicyclic) bond motifs is 5. The van der Waals surface area contributed by atoms with E-state index in [1.807, 2.05) is 24.3 Å². The smallest absolute Gasteiger partial charge is 0.407 e. The largest absolute Gasteiger partial charge is 0.481 e. The van der Waals surface area contributed by atoms with E-state index < -0.39 is 23.0 Å². The third-order valence-corrected chi connectivity index (χ3v) is 7.01. The van der Waals surface area contributed by atoms with Crippen LogP contribution in [-0.2, 0) is 9.53 Å². The van der Waals surface area contributed by atoms with Crippen molar-refractivity contribution in [3.63, 3.8) is 0 Å². The number of carbonyl (C=O) groups excluding carboxylic acids is 1. The van der Waals surface area contributed by atoms with Gasteiger partial charge in [-0.05, 0) is 54.4 Å². The number of hydrogen-bond donors (Lipinski definition) is 2. The lowest BCUT2D eigenvalue weighted by molar-refractivity contribution is -0.148. The molecule has 0 aromatic heterocycles. The van der Waals surface area contributed by atoms with Crippen molar-refractivity contribution in [3.8, 4) is 11.1 Å². The predicted molar refractivity (Wildman–Crippen MR) is 104 cm³/mol. The Morgan fingerprint density at radius 1 is 0.964 bits per heavy atom. The molecule has 2 bridgehead atoms. The number of rotatable bonds is 4. The first-order chi connectivity index (χ1) is 13.5. The van der Waals surface area contributed by atoms with Crippen molar-refractivity contribution in [3.05, 3.63) is 59.7 Å². The molecule has 3 aliphatic carbocycles. The maximum Gasteiger partial charge on any atom is 0.407 e. The van der Waals surface area contributed by atoms with Crippen molar-refractivity contribution in [1.29, 1.82) is 0 Å². The van der Waals surface area contributed by atoms with Gasteiger partial charge in [-0.15, -0.1) is 0 Å². The first kappa shape index (κ1) is 17.3. The molecule has 0 atom stereocenters. The number of carboxylic acid groups (broad SMARTS) is 1. The summed E-state index contributed by atoms with van der Waals surface area (Å²) in [6.45, 7) is 0.278. The fraction of sp³-hybridized carbons (Fsp3) is 0.391. The van der Waals surface area contributed by atoms with Crippen molar-refractivity contribution < 1.29 is 19.4 Å². The van der Waals surface area contributed by atoms with Crippen LogP contribution in [0.1, 0.15) is 49.1 Å². The lowest BCUT2D eigenvalue weighted by Crippen LogP contribution is -2.45. The summed E-state index contributed by atoms with van der Waals surface area (Å²) in [6, 6.07) is 16.5. The molecule has 0 unspecified atom stereocenters. The fourth-order valence-electron chi connectivity index (χ4n) is 5.52. The van der Waals surface area contributed by atoms with Crippen molar-refractivity contribution >= 4 is 12.1 Å². The first-order valence-electron chi connectivity index (χ1n) is 9.89. The van der Waals surface area contributed by atoms with Crippen LogP contribution in [0.25, 0.3) is 11.1 Å². The number of carbonyl (C=O) groups is 2. The Labute approximate surface area is 163 Å². The Balaban J connectivity index is 1.29. The summed E-state index contributed by atoms with van der Waals surface area (Å²) < 4.78 is 5.64. The van der Waals surface area contributed by atoms with Gasteiger partial charge in [0.1, 0.15) is 6.61 Å². The molecule has 0 spiro atoms. The normalized spacial score (nSPS) is 27.3. The van der Waals surface area contributed by atoms with Gasteiger partial charge in [-0.1, -0.05) is 48.5 Å². The Hall–Kier alpha value is -2.82. The van der Waals surface area contributed by atoms with Gasteiger partial charge in [0.05, 0.1) is 5.41 Å². The molecular formula is C23H23NO4. The Morgan fingerprint density at radius 3 is 2.07 bits per heavy atom. The second kappa shape index (κ2) is 6.09. The van der Waals surface area contributed by atoms with Crippen LogP contribution >= 0.6 is 0 Å². The van der Waals surface area contributed by atoms with E-state index >= 15 is 0 Å². The number of ether oxygens (including phenoxy) is 1. The highest BCUT2D eigenvalue weighted by Gasteiger charge is 2.59. The molecule has 5 heteroatoms. The van der Waals surface area contributed by atoms with E-state index in [-0.39, 0.29) is 12.5 Å². The van der Waals surface area contributed by atoms with Crippen LogP contribution in [0.3, 0.4) is 0 Å². The zero-order chi connectivity index (χ0) is 19.4. The molecule has 2 fully saturated rings. The first-order valence-corrected chi connectivity index (χ1v) is 9.89. The lowest BCUT2D eigenvalue weighted by atomic mass is 9.84. The molecule has 2 saturated carbocycles. The zero-order valence-electron chi connectivity index (χ0n) is 15.6.